The van der Waals surface area contributed by atoms with E-state index in [4.69, 9.17) is 11.6 Å². The molecule has 0 nitrogen and oxygen atoms in total. The summed E-state index contributed by atoms with van der Waals surface area (Å²) in [5.41, 5.74) is 0.564. The summed E-state index contributed by atoms with van der Waals surface area (Å²) in [6.07, 6.45) is 3.78. The highest BCUT2D eigenvalue weighted by atomic mass is 35.5. The summed E-state index contributed by atoms with van der Waals surface area (Å²) in [5, 5.41) is 0. The van der Waals surface area contributed by atoms with Gasteiger partial charge in [-0.05, 0) is 36.5 Å². The summed E-state index contributed by atoms with van der Waals surface area (Å²) in [7, 11) is 0. The normalized spacial score (nSPS) is 37.4. The molecule has 0 aromatic carbocycles. The van der Waals surface area contributed by atoms with E-state index >= 15 is 0 Å². The van der Waals surface area contributed by atoms with Crippen LogP contribution in [0.3, 0.4) is 0 Å². The molecule has 0 amide bonds. The largest absolute Gasteiger partial charge is 0.119 e. The summed E-state index contributed by atoms with van der Waals surface area (Å²) in [6.45, 7) is 6.92. The Morgan fingerprint density at radius 1 is 1.36 bits per heavy atom. The van der Waals surface area contributed by atoms with Crippen LogP contribution >= 0.6 is 11.6 Å². The molecule has 0 saturated heterocycles. The van der Waals surface area contributed by atoms with E-state index in [1.807, 2.05) is 0 Å². The van der Waals surface area contributed by atoms with Crippen molar-refractivity contribution in [1.82, 2.24) is 0 Å². The monoisotopic (exact) mass is 171 g/mol. The molecule has 0 bridgehead atoms. The van der Waals surface area contributed by atoms with Crippen LogP contribution in [0.5, 0.6) is 0 Å². The van der Waals surface area contributed by atoms with Crippen LogP contribution in [0.15, 0.2) is 0 Å². The Balaban J connectivity index is 1.97. The van der Waals surface area contributed by atoms with E-state index in [0.717, 1.165) is 5.92 Å². The Hall–Kier alpha value is 0.290. The average Bonchev–Trinajstić information content (AvgIpc) is 2.73. The molecule has 1 radical (unpaired) electrons. The van der Waals surface area contributed by atoms with Gasteiger partial charge in [-0.3, -0.25) is 0 Å². The molecule has 2 fully saturated rings. The molecule has 63 valence electrons. The lowest BCUT2D eigenvalue weighted by Gasteiger charge is -2.17. The molecular weight excluding hydrogens is 156 g/mol. The van der Waals surface area contributed by atoms with Crippen LogP contribution < -0.4 is 0 Å². The quantitative estimate of drug-likeness (QED) is 0.559. The zero-order valence-corrected chi connectivity index (χ0v) is 8.33. The van der Waals surface area contributed by atoms with Gasteiger partial charge in [-0.1, -0.05) is 20.8 Å². The van der Waals surface area contributed by atoms with E-state index in [-0.39, 0.29) is 4.87 Å². The van der Waals surface area contributed by atoms with Gasteiger partial charge in [0.15, 0.2) is 0 Å². The summed E-state index contributed by atoms with van der Waals surface area (Å²) in [4.78, 5) is 0.137. The number of rotatable bonds is 2. The predicted molar refractivity (Wildman–Crippen MR) is 48.6 cm³/mol. The SMILES string of the molecule is C[C](C1CC1(C)C)C1(Cl)CC1. The minimum Gasteiger partial charge on any atom is -0.119 e. The second kappa shape index (κ2) is 1.96. The van der Waals surface area contributed by atoms with E-state index in [2.05, 4.69) is 20.8 Å². The summed E-state index contributed by atoms with van der Waals surface area (Å²) >= 11 is 6.32. The molecule has 11 heavy (non-hydrogen) atoms. The van der Waals surface area contributed by atoms with Crippen LogP contribution in [0, 0.1) is 17.3 Å². The molecule has 1 unspecified atom stereocenters. The van der Waals surface area contributed by atoms with E-state index in [0.29, 0.717) is 5.41 Å². The molecule has 0 heterocycles. The van der Waals surface area contributed by atoms with Crippen LogP contribution in [0.4, 0.5) is 0 Å². The summed E-state index contributed by atoms with van der Waals surface area (Å²) in [6, 6.07) is 0. The van der Waals surface area contributed by atoms with Gasteiger partial charge in [0, 0.05) is 0 Å². The van der Waals surface area contributed by atoms with Gasteiger partial charge in [-0.25, -0.2) is 0 Å². The molecule has 0 aromatic rings. The van der Waals surface area contributed by atoms with Gasteiger partial charge >= 0.3 is 0 Å². The first kappa shape index (κ1) is 7.91. The van der Waals surface area contributed by atoms with Gasteiger partial charge in [0.2, 0.25) is 0 Å². The van der Waals surface area contributed by atoms with Gasteiger partial charge in [0.25, 0.3) is 0 Å². The van der Waals surface area contributed by atoms with E-state index in [1.54, 1.807) is 5.92 Å². The molecule has 0 aromatic heterocycles. The third-order valence-corrected chi connectivity index (χ3v) is 4.11. The smallest absolute Gasteiger partial charge is 0.0510 e. The van der Waals surface area contributed by atoms with Crippen LogP contribution in [0.2, 0.25) is 0 Å². The first-order chi connectivity index (χ1) is 4.96. The Kier molecular flexibility index (Phi) is 1.41. The number of hydrogen-bond donors (Lipinski definition) is 0. The Morgan fingerprint density at radius 2 is 1.82 bits per heavy atom. The van der Waals surface area contributed by atoms with Crippen molar-refractivity contribution in [2.75, 3.05) is 0 Å². The lowest BCUT2D eigenvalue weighted by Crippen LogP contribution is -2.14. The number of hydrogen-bond acceptors (Lipinski definition) is 0. The standard InChI is InChI=1S/C10H16Cl/c1-7(10(11)4-5-10)8-6-9(8,2)3/h8H,4-6H2,1-3H3. The molecule has 1 heteroatoms. The third-order valence-electron chi connectivity index (χ3n) is 3.43. The molecule has 0 N–H and O–H groups in total. The van der Waals surface area contributed by atoms with Crippen molar-refractivity contribution in [2.45, 2.75) is 44.9 Å². The van der Waals surface area contributed by atoms with Crippen molar-refractivity contribution in [3.63, 3.8) is 0 Å². The maximum absolute atomic E-state index is 6.32. The third kappa shape index (κ3) is 1.20. The fraction of sp³-hybridized carbons (Fsp3) is 0.900. The lowest BCUT2D eigenvalue weighted by molar-refractivity contribution is 0.547. The topological polar surface area (TPSA) is 0 Å². The second-order valence-electron chi connectivity index (χ2n) is 4.89. The second-order valence-corrected chi connectivity index (χ2v) is 5.62. The minimum absolute atomic E-state index is 0.137. The average molecular weight is 172 g/mol. The Bertz CT molecular complexity index is 179. The minimum atomic E-state index is 0.137. The van der Waals surface area contributed by atoms with Crippen LogP contribution in [0.25, 0.3) is 0 Å². The molecule has 2 aliphatic rings. The zero-order valence-electron chi connectivity index (χ0n) is 7.58. The molecule has 0 aliphatic heterocycles. The van der Waals surface area contributed by atoms with Gasteiger partial charge < -0.3 is 0 Å². The fourth-order valence-corrected chi connectivity index (χ4v) is 2.25. The van der Waals surface area contributed by atoms with E-state index in [9.17, 15) is 0 Å². The zero-order chi connectivity index (χ0) is 8.28. The Morgan fingerprint density at radius 3 is 2.09 bits per heavy atom. The van der Waals surface area contributed by atoms with E-state index < -0.39 is 0 Å². The predicted octanol–water partition coefficient (Wildman–Crippen LogP) is 3.40. The van der Waals surface area contributed by atoms with Gasteiger partial charge in [0.1, 0.15) is 0 Å². The first-order valence-corrected chi connectivity index (χ1v) is 4.86. The van der Waals surface area contributed by atoms with Crippen molar-refractivity contribution >= 4 is 11.6 Å². The lowest BCUT2D eigenvalue weighted by atomic mass is 9.94. The molecule has 1 atom stereocenters. The van der Waals surface area contributed by atoms with E-state index in [1.165, 1.54) is 19.3 Å². The van der Waals surface area contributed by atoms with Crippen molar-refractivity contribution in [2.24, 2.45) is 11.3 Å². The van der Waals surface area contributed by atoms with Crippen LogP contribution in [-0.4, -0.2) is 4.87 Å². The van der Waals surface area contributed by atoms with Crippen molar-refractivity contribution in [3.8, 4) is 0 Å². The molecule has 2 rings (SSSR count). The molecule has 2 saturated carbocycles. The van der Waals surface area contributed by atoms with Crippen molar-refractivity contribution in [1.29, 1.82) is 0 Å². The maximum atomic E-state index is 6.32. The first-order valence-electron chi connectivity index (χ1n) is 4.49. The Labute approximate surface area is 74.3 Å². The van der Waals surface area contributed by atoms with Gasteiger partial charge in [0.05, 0.1) is 4.87 Å². The van der Waals surface area contributed by atoms with Gasteiger partial charge in [-0.15, -0.1) is 11.6 Å². The maximum Gasteiger partial charge on any atom is 0.0510 e. The fourth-order valence-electron chi connectivity index (χ4n) is 2.02. The van der Waals surface area contributed by atoms with Gasteiger partial charge in [-0.2, -0.15) is 0 Å². The van der Waals surface area contributed by atoms with Crippen LogP contribution in [0.1, 0.15) is 40.0 Å². The number of halogens is 1. The summed E-state index contributed by atoms with van der Waals surface area (Å²) in [5.74, 6) is 2.38. The highest BCUT2D eigenvalue weighted by molar-refractivity contribution is 6.27. The summed E-state index contributed by atoms with van der Waals surface area (Å²) < 4.78 is 0. The van der Waals surface area contributed by atoms with Crippen LogP contribution in [-0.2, 0) is 0 Å². The molecular formula is C10H16Cl. The molecule has 0 spiro atoms. The number of alkyl halides is 1. The highest BCUT2D eigenvalue weighted by Crippen LogP contribution is 2.64. The molecule has 2 aliphatic carbocycles. The van der Waals surface area contributed by atoms with Crippen molar-refractivity contribution in [3.05, 3.63) is 5.92 Å². The highest BCUT2D eigenvalue weighted by Gasteiger charge is 2.58. The van der Waals surface area contributed by atoms with Crippen molar-refractivity contribution < 1.29 is 0 Å².